The van der Waals surface area contributed by atoms with Crippen molar-refractivity contribution in [3.8, 4) is 0 Å². The molecule has 0 fully saturated rings. The topological polar surface area (TPSA) is 72.2 Å². The Labute approximate surface area is 83.3 Å². The van der Waals surface area contributed by atoms with Gasteiger partial charge in [-0.2, -0.15) is 5.10 Å². The normalized spacial score (nSPS) is 14.2. The maximum absolute atomic E-state index is 11.1. The molecule has 0 unspecified atom stereocenters. The van der Waals surface area contributed by atoms with E-state index in [2.05, 4.69) is 5.10 Å². The summed E-state index contributed by atoms with van der Waals surface area (Å²) in [6, 6.07) is 0. The minimum Gasteiger partial charge on any atom is -0.391 e. The summed E-state index contributed by atoms with van der Waals surface area (Å²) < 4.78 is 23.6. The quantitative estimate of drug-likeness (QED) is 0.775. The summed E-state index contributed by atoms with van der Waals surface area (Å²) in [6.07, 6.45) is 3.98. The van der Waals surface area contributed by atoms with Gasteiger partial charge in [0, 0.05) is 12.5 Å². The summed E-state index contributed by atoms with van der Waals surface area (Å²) in [5.74, 6) is 0. The van der Waals surface area contributed by atoms with Crippen LogP contribution in [-0.2, 0) is 16.4 Å². The molecular weight excluding hydrogens is 204 g/mol. The number of nitrogens with zero attached hydrogens (tertiary/aromatic N) is 2. The molecule has 0 spiro atoms. The number of hydrogen-bond donors (Lipinski definition) is 1. The maximum atomic E-state index is 11.1. The fourth-order valence-electron chi connectivity index (χ4n) is 0.981. The molecule has 1 atom stereocenters. The molecule has 1 aromatic heterocycles. The van der Waals surface area contributed by atoms with Crippen LogP contribution in [0.25, 0.3) is 0 Å². The van der Waals surface area contributed by atoms with E-state index in [4.69, 9.17) is 0 Å². The van der Waals surface area contributed by atoms with E-state index < -0.39 is 15.9 Å². The molecule has 1 aromatic rings. The van der Waals surface area contributed by atoms with Crippen molar-refractivity contribution in [2.75, 3.05) is 6.26 Å². The van der Waals surface area contributed by atoms with E-state index in [9.17, 15) is 13.5 Å². The average molecular weight is 218 g/mol. The third-order valence-corrected chi connectivity index (χ3v) is 2.97. The summed E-state index contributed by atoms with van der Waals surface area (Å²) >= 11 is 0. The highest BCUT2D eigenvalue weighted by atomic mass is 32.2. The van der Waals surface area contributed by atoms with E-state index >= 15 is 0 Å². The van der Waals surface area contributed by atoms with E-state index in [1.807, 2.05) is 6.92 Å². The third-order valence-electron chi connectivity index (χ3n) is 1.91. The van der Waals surface area contributed by atoms with Gasteiger partial charge >= 0.3 is 0 Å². The second-order valence-corrected chi connectivity index (χ2v) is 5.25. The van der Waals surface area contributed by atoms with Crippen molar-refractivity contribution < 1.29 is 13.5 Å². The Balaban J connectivity index is 2.79. The van der Waals surface area contributed by atoms with Crippen molar-refractivity contribution in [3.05, 3.63) is 12.4 Å². The van der Waals surface area contributed by atoms with E-state index in [1.165, 1.54) is 17.1 Å². The largest absolute Gasteiger partial charge is 0.391 e. The number of hydrogen-bond acceptors (Lipinski definition) is 4. The summed E-state index contributed by atoms with van der Waals surface area (Å²) in [4.78, 5) is 0.181. The van der Waals surface area contributed by atoms with Gasteiger partial charge in [0.2, 0.25) is 0 Å². The fraction of sp³-hybridized carbons (Fsp3) is 0.625. The Hall–Kier alpha value is -0.880. The van der Waals surface area contributed by atoms with Gasteiger partial charge < -0.3 is 5.11 Å². The molecule has 5 nitrogen and oxygen atoms in total. The Morgan fingerprint density at radius 3 is 2.71 bits per heavy atom. The van der Waals surface area contributed by atoms with Crippen LogP contribution in [0.1, 0.15) is 13.3 Å². The first-order chi connectivity index (χ1) is 6.43. The molecule has 0 amide bonds. The molecule has 80 valence electrons. The standard InChI is InChI=1S/C8H14N2O3S/c1-3-7(11)5-10-6-8(4-9-10)14(2,12)13/h4,6-7,11H,3,5H2,1-2H3/t7-/m0/s1. The van der Waals surface area contributed by atoms with Crippen molar-refractivity contribution in [1.29, 1.82) is 0 Å². The van der Waals surface area contributed by atoms with Crippen molar-refractivity contribution in [2.45, 2.75) is 30.9 Å². The van der Waals surface area contributed by atoms with E-state index in [0.29, 0.717) is 13.0 Å². The van der Waals surface area contributed by atoms with Crippen LogP contribution < -0.4 is 0 Å². The molecule has 0 aliphatic rings. The molecular formula is C8H14N2O3S. The first-order valence-electron chi connectivity index (χ1n) is 4.34. The molecule has 0 saturated heterocycles. The lowest BCUT2D eigenvalue weighted by molar-refractivity contribution is 0.145. The molecule has 1 N–H and O–H groups in total. The molecule has 0 radical (unpaired) electrons. The summed E-state index contributed by atoms with van der Waals surface area (Å²) in [5.41, 5.74) is 0. The second-order valence-electron chi connectivity index (χ2n) is 3.23. The highest BCUT2D eigenvalue weighted by molar-refractivity contribution is 7.90. The van der Waals surface area contributed by atoms with Crippen molar-refractivity contribution in [3.63, 3.8) is 0 Å². The molecule has 0 aliphatic carbocycles. The molecule has 0 aromatic carbocycles. The Bertz CT molecular complexity index is 396. The van der Waals surface area contributed by atoms with Crippen LogP contribution in [0.15, 0.2) is 17.3 Å². The van der Waals surface area contributed by atoms with Crippen LogP contribution in [0.3, 0.4) is 0 Å². The molecule has 0 bridgehead atoms. The van der Waals surface area contributed by atoms with Gasteiger partial charge in [0.1, 0.15) is 4.90 Å². The van der Waals surface area contributed by atoms with Gasteiger partial charge in [-0.1, -0.05) is 6.92 Å². The zero-order chi connectivity index (χ0) is 10.8. The maximum Gasteiger partial charge on any atom is 0.178 e. The monoisotopic (exact) mass is 218 g/mol. The minimum atomic E-state index is -3.19. The Kier molecular flexibility index (Phi) is 3.28. The van der Waals surface area contributed by atoms with Gasteiger partial charge in [-0.25, -0.2) is 8.42 Å². The SMILES string of the molecule is CC[C@H](O)Cn1cc(S(C)(=O)=O)cn1. The summed E-state index contributed by atoms with van der Waals surface area (Å²) in [5, 5.41) is 13.2. The fourth-order valence-corrected chi connectivity index (χ4v) is 1.53. The van der Waals surface area contributed by atoms with Gasteiger partial charge in [0.05, 0.1) is 18.8 Å². The Morgan fingerprint density at radius 2 is 2.29 bits per heavy atom. The third kappa shape index (κ3) is 2.81. The van der Waals surface area contributed by atoms with E-state index in [1.54, 1.807) is 0 Å². The number of aliphatic hydroxyl groups is 1. The highest BCUT2D eigenvalue weighted by Gasteiger charge is 2.11. The van der Waals surface area contributed by atoms with Crippen LogP contribution in [0.4, 0.5) is 0 Å². The number of aromatic nitrogens is 2. The van der Waals surface area contributed by atoms with Crippen LogP contribution in [-0.4, -0.2) is 35.7 Å². The van der Waals surface area contributed by atoms with Gasteiger partial charge in [-0.3, -0.25) is 4.68 Å². The van der Waals surface area contributed by atoms with E-state index in [0.717, 1.165) is 6.26 Å². The number of aliphatic hydroxyl groups excluding tert-OH is 1. The van der Waals surface area contributed by atoms with Crippen molar-refractivity contribution in [1.82, 2.24) is 9.78 Å². The van der Waals surface area contributed by atoms with Crippen LogP contribution in [0.2, 0.25) is 0 Å². The molecule has 14 heavy (non-hydrogen) atoms. The van der Waals surface area contributed by atoms with Crippen molar-refractivity contribution in [2.24, 2.45) is 0 Å². The zero-order valence-corrected chi connectivity index (χ0v) is 9.03. The number of sulfone groups is 1. The first-order valence-corrected chi connectivity index (χ1v) is 6.23. The first kappa shape index (κ1) is 11.2. The van der Waals surface area contributed by atoms with Crippen molar-refractivity contribution >= 4 is 9.84 Å². The zero-order valence-electron chi connectivity index (χ0n) is 8.21. The highest BCUT2D eigenvalue weighted by Crippen LogP contribution is 2.07. The predicted octanol–water partition coefficient (Wildman–Crippen LogP) is 0.0575. The minimum absolute atomic E-state index is 0.181. The van der Waals surface area contributed by atoms with Gasteiger partial charge in [0.25, 0.3) is 0 Å². The predicted molar refractivity (Wildman–Crippen MR) is 51.6 cm³/mol. The van der Waals surface area contributed by atoms with E-state index in [-0.39, 0.29) is 4.90 Å². The molecule has 0 aliphatic heterocycles. The van der Waals surface area contributed by atoms with Gasteiger partial charge in [0.15, 0.2) is 9.84 Å². The Morgan fingerprint density at radius 1 is 1.64 bits per heavy atom. The summed E-state index contributed by atoms with van der Waals surface area (Å²) in [7, 11) is -3.19. The van der Waals surface area contributed by atoms with Gasteiger partial charge in [-0.15, -0.1) is 0 Å². The molecule has 1 heterocycles. The lowest BCUT2D eigenvalue weighted by Gasteiger charge is -2.06. The number of rotatable bonds is 4. The molecule has 6 heteroatoms. The lowest BCUT2D eigenvalue weighted by atomic mass is 10.3. The smallest absolute Gasteiger partial charge is 0.178 e. The molecule has 0 saturated carbocycles. The average Bonchev–Trinajstić information content (AvgIpc) is 2.51. The lowest BCUT2D eigenvalue weighted by Crippen LogP contribution is -2.14. The van der Waals surface area contributed by atoms with Crippen LogP contribution in [0, 0.1) is 0 Å². The van der Waals surface area contributed by atoms with Crippen LogP contribution >= 0.6 is 0 Å². The summed E-state index contributed by atoms with van der Waals surface area (Å²) in [6.45, 7) is 2.18. The second kappa shape index (κ2) is 4.10. The van der Waals surface area contributed by atoms with Crippen LogP contribution in [0.5, 0.6) is 0 Å². The molecule has 1 rings (SSSR count). The van der Waals surface area contributed by atoms with Gasteiger partial charge in [-0.05, 0) is 6.42 Å².